The number of fused-ring (bicyclic) bond motifs is 1. The number of hydrogen-bond donors (Lipinski definition) is 3. The van der Waals surface area contributed by atoms with Gasteiger partial charge < -0.3 is 20.4 Å². The summed E-state index contributed by atoms with van der Waals surface area (Å²) in [6.45, 7) is 2.01. The Hall–Kier alpha value is -4.65. The number of aromatic nitrogens is 2. The molecule has 0 saturated heterocycles. The summed E-state index contributed by atoms with van der Waals surface area (Å²) in [5, 5.41) is 7.34. The summed E-state index contributed by atoms with van der Waals surface area (Å²) >= 11 is 0. The highest BCUT2D eigenvalue weighted by atomic mass is 19.1. The molecule has 7 heteroatoms. The molecule has 36 heavy (non-hydrogen) atoms. The lowest BCUT2D eigenvalue weighted by Crippen LogP contribution is -2.15. The molecule has 180 valence electrons. The maximum Gasteiger partial charge on any atom is 0.258 e. The van der Waals surface area contributed by atoms with E-state index in [1.165, 1.54) is 12.1 Å². The van der Waals surface area contributed by atoms with Gasteiger partial charge in [-0.15, -0.1) is 0 Å². The van der Waals surface area contributed by atoms with E-state index in [-0.39, 0.29) is 11.6 Å². The number of methoxy groups -OCH3 is 1. The van der Waals surface area contributed by atoms with E-state index < -0.39 is 11.7 Å². The minimum atomic E-state index is -0.564. The molecule has 1 amide bonds. The van der Waals surface area contributed by atoms with E-state index >= 15 is 0 Å². The molecular weight excluding hydrogens is 455 g/mol. The van der Waals surface area contributed by atoms with Gasteiger partial charge in [-0.1, -0.05) is 30.3 Å². The van der Waals surface area contributed by atoms with Crippen molar-refractivity contribution in [2.24, 2.45) is 0 Å². The minimum Gasteiger partial charge on any atom is -0.495 e. The Morgan fingerprint density at radius 2 is 1.78 bits per heavy atom. The molecule has 1 atom stereocenters. The third kappa shape index (κ3) is 4.51. The number of halogens is 1. The fourth-order valence-electron chi connectivity index (χ4n) is 4.40. The van der Waals surface area contributed by atoms with Crippen LogP contribution in [0.3, 0.4) is 0 Å². The van der Waals surface area contributed by atoms with Crippen LogP contribution in [0.5, 0.6) is 5.75 Å². The first kappa shape index (κ1) is 23.1. The maximum atomic E-state index is 14.1. The van der Waals surface area contributed by atoms with Crippen LogP contribution in [0.1, 0.15) is 33.4 Å². The zero-order valence-corrected chi connectivity index (χ0v) is 19.9. The Bertz CT molecular complexity index is 1530. The second-order valence-electron chi connectivity index (χ2n) is 8.39. The van der Waals surface area contributed by atoms with Crippen molar-refractivity contribution in [2.45, 2.75) is 13.0 Å². The van der Waals surface area contributed by atoms with Crippen molar-refractivity contribution < 1.29 is 13.9 Å². The number of carbonyl (C=O) groups excluding carboxylic acids is 1. The molecule has 0 aliphatic heterocycles. The number of nitrogens with one attached hydrogen (secondary N) is 3. The number of anilines is 2. The Labute approximate surface area is 208 Å². The summed E-state index contributed by atoms with van der Waals surface area (Å²) in [5.74, 6) is -0.353. The van der Waals surface area contributed by atoms with Crippen LogP contribution < -0.4 is 15.4 Å². The molecule has 2 heterocycles. The quantitative estimate of drug-likeness (QED) is 0.249. The van der Waals surface area contributed by atoms with Crippen LogP contribution >= 0.6 is 0 Å². The monoisotopic (exact) mass is 480 g/mol. The zero-order chi connectivity index (χ0) is 25.1. The molecule has 0 spiro atoms. The summed E-state index contributed by atoms with van der Waals surface area (Å²) < 4.78 is 19.7. The molecule has 0 fully saturated rings. The van der Waals surface area contributed by atoms with Gasteiger partial charge in [0.25, 0.3) is 5.91 Å². The van der Waals surface area contributed by atoms with Gasteiger partial charge in [0.05, 0.1) is 30.1 Å². The Morgan fingerprint density at radius 3 is 2.56 bits per heavy atom. The second kappa shape index (κ2) is 9.92. The highest BCUT2D eigenvalue weighted by Crippen LogP contribution is 2.37. The lowest BCUT2D eigenvalue weighted by atomic mass is 9.98. The van der Waals surface area contributed by atoms with E-state index in [2.05, 4.69) is 20.6 Å². The smallest absolute Gasteiger partial charge is 0.258 e. The van der Waals surface area contributed by atoms with Crippen molar-refractivity contribution in [1.82, 2.24) is 9.97 Å². The molecule has 0 saturated carbocycles. The van der Waals surface area contributed by atoms with Gasteiger partial charge in [0.15, 0.2) is 0 Å². The van der Waals surface area contributed by atoms with Gasteiger partial charge in [0, 0.05) is 34.0 Å². The van der Waals surface area contributed by atoms with Crippen LogP contribution in [0.15, 0.2) is 91.1 Å². The first-order valence-corrected chi connectivity index (χ1v) is 11.5. The number of benzene rings is 3. The van der Waals surface area contributed by atoms with Crippen LogP contribution in [0.2, 0.25) is 0 Å². The number of rotatable bonds is 7. The molecule has 3 aromatic carbocycles. The zero-order valence-electron chi connectivity index (χ0n) is 19.9. The van der Waals surface area contributed by atoms with Crippen molar-refractivity contribution in [1.29, 1.82) is 0 Å². The predicted molar refractivity (Wildman–Crippen MR) is 140 cm³/mol. The number of ether oxygens (including phenoxy) is 1. The largest absolute Gasteiger partial charge is 0.495 e. The number of pyridine rings is 1. The minimum absolute atomic E-state index is 0.00716. The lowest BCUT2D eigenvalue weighted by molar-refractivity contribution is 0.102. The molecule has 0 aliphatic carbocycles. The van der Waals surface area contributed by atoms with E-state index in [0.29, 0.717) is 11.4 Å². The van der Waals surface area contributed by atoms with Crippen molar-refractivity contribution >= 4 is 28.2 Å². The van der Waals surface area contributed by atoms with Crippen LogP contribution in [0.4, 0.5) is 15.8 Å². The van der Waals surface area contributed by atoms with Gasteiger partial charge in [0.1, 0.15) is 11.6 Å². The van der Waals surface area contributed by atoms with E-state index in [9.17, 15) is 9.18 Å². The standard InChI is InChI=1S/C29H25FN4O2/c1-18-27(28(25-12-7-8-16-31-25)34-24-11-5-6-13-26(24)36-2)21-17-19(14-15-23(21)32-18)33-29(35)20-9-3-4-10-22(20)30/h3-17,28,32,34H,1-2H3,(H,33,35)/t28-/m0/s1. The number of nitrogens with zero attached hydrogens (tertiary/aromatic N) is 1. The van der Waals surface area contributed by atoms with Crippen LogP contribution in [0, 0.1) is 12.7 Å². The molecular formula is C29H25FN4O2. The van der Waals surface area contributed by atoms with Crippen LogP contribution in [-0.2, 0) is 0 Å². The fourth-order valence-corrected chi connectivity index (χ4v) is 4.40. The molecule has 6 nitrogen and oxygen atoms in total. The highest BCUT2D eigenvalue weighted by molar-refractivity contribution is 6.05. The first-order chi connectivity index (χ1) is 17.5. The van der Waals surface area contributed by atoms with Gasteiger partial charge >= 0.3 is 0 Å². The Kier molecular flexibility index (Phi) is 6.36. The van der Waals surface area contributed by atoms with Crippen molar-refractivity contribution in [2.75, 3.05) is 17.7 Å². The molecule has 5 rings (SSSR count). The van der Waals surface area contributed by atoms with Gasteiger partial charge in [-0.2, -0.15) is 0 Å². The average molecular weight is 481 g/mol. The third-order valence-electron chi connectivity index (χ3n) is 6.09. The number of H-pyrrole nitrogens is 1. The summed E-state index contributed by atoms with van der Waals surface area (Å²) in [4.78, 5) is 20.8. The molecule has 2 aromatic heterocycles. The van der Waals surface area contributed by atoms with Crippen LogP contribution in [-0.4, -0.2) is 23.0 Å². The molecule has 0 bridgehead atoms. The number of carbonyl (C=O) groups is 1. The Morgan fingerprint density at radius 1 is 1.00 bits per heavy atom. The van der Waals surface area contributed by atoms with Crippen LogP contribution in [0.25, 0.3) is 10.9 Å². The molecule has 0 unspecified atom stereocenters. The summed E-state index contributed by atoms with van der Waals surface area (Å²) in [6.07, 6.45) is 1.76. The number of aromatic amines is 1. The van der Waals surface area contributed by atoms with Gasteiger partial charge in [-0.05, 0) is 61.5 Å². The van der Waals surface area contributed by atoms with E-state index in [1.54, 1.807) is 31.5 Å². The second-order valence-corrected chi connectivity index (χ2v) is 8.39. The maximum absolute atomic E-state index is 14.1. The third-order valence-corrected chi connectivity index (χ3v) is 6.09. The lowest BCUT2D eigenvalue weighted by Gasteiger charge is -2.22. The topological polar surface area (TPSA) is 79.0 Å². The molecule has 0 aliphatic rings. The van der Waals surface area contributed by atoms with Crippen molar-refractivity contribution in [3.05, 3.63) is 119 Å². The normalized spacial score (nSPS) is 11.8. The summed E-state index contributed by atoms with van der Waals surface area (Å²) in [6, 6.07) is 24.7. The van der Waals surface area contributed by atoms with E-state index in [1.807, 2.05) is 61.5 Å². The van der Waals surface area contributed by atoms with Crippen molar-refractivity contribution in [3.63, 3.8) is 0 Å². The van der Waals surface area contributed by atoms with E-state index in [4.69, 9.17) is 4.74 Å². The molecule has 3 N–H and O–H groups in total. The van der Waals surface area contributed by atoms with Gasteiger partial charge in [-0.25, -0.2) is 4.39 Å². The van der Waals surface area contributed by atoms with E-state index in [0.717, 1.165) is 33.5 Å². The number of para-hydroxylation sites is 2. The SMILES string of the molecule is COc1ccccc1N[C@@H](c1ccccn1)c1c(C)[nH]c2ccc(NC(=O)c3ccccc3F)cc12. The summed E-state index contributed by atoms with van der Waals surface area (Å²) in [5.41, 5.74) is 5.06. The Balaban J connectivity index is 1.58. The van der Waals surface area contributed by atoms with Gasteiger partial charge in [0.2, 0.25) is 0 Å². The molecule has 0 radical (unpaired) electrons. The van der Waals surface area contributed by atoms with Crippen molar-refractivity contribution in [3.8, 4) is 5.75 Å². The number of aryl methyl sites for hydroxylation is 1. The first-order valence-electron chi connectivity index (χ1n) is 11.5. The average Bonchev–Trinajstić information content (AvgIpc) is 3.23. The fraction of sp³-hybridized carbons (Fsp3) is 0.103. The predicted octanol–water partition coefficient (Wildman–Crippen LogP) is 6.47. The summed E-state index contributed by atoms with van der Waals surface area (Å²) in [7, 11) is 1.64. The number of amides is 1. The highest BCUT2D eigenvalue weighted by Gasteiger charge is 2.23. The van der Waals surface area contributed by atoms with Gasteiger partial charge in [-0.3, -0.25) is 9.78 Å². The number of hydrogen-bond acceptors (Lipinski definition) is 4. The molecule has 5 aromatic rings.